The third kappa shape index (κ3) is 3.71. The molecule has 126 valence electrons. The van der Waals surface area contributed by atoms with Crippen LogP contribution < -0.4 is 9.47 Å². The van der Waals surface area contributed by atoms with E-state index < -0.39 is 0 Å². The highest BCUT2D eigenvalue weighted by Crippen LogP contribution is 2.36. The molecule has 2 rings (SSSR count). The first kappa shape index (κ1) is 17.5. The summed E-state index contributed by atoms with van der Waals surface area (Å²) in [5.41, 5.74) is 2.66. The molecule has 0 spiro atoms. The number of methoxy groups -OCH3 is 2. The van der Waals surface area contributed by atoms with E-state index in [9.17, 15) is 10.2 Å². The van der Waals surface area contributed by atoms with Crippen LogP contribution in [0.5, 0.6) is 23.0 Å². The molecule has 0 aromatic heterocycles. The predicted octanol–water partition coefficient (Wildman–Crippen LogP) is 4.57. The predicted molar refractivity (Wildman–Crippen MR) is 96.9 cm³/mol. The molecule has 2 N–H and O–H groups in total. The summed E-state index contributed by atoms with van der Waals surface area (Å²) in [5.74, 6) is 1.31. The minimum Gasteiger partial charge on any atom is -0.508 e. The molecule has 4 nitrogen and oxygen atoms in total. The van der Waals surface area contributed by atoms with Gasteiger partial charge in [-0.1, -0.05) is 31.2 Å². The van der Waals surface area contributed by atoms with E-state index in [0.717, 1.165) is 16.7 Å². The first-order valence-corrected chi connectivity index (χ1v) is 7.58. The first-order chi connectivity index (χ1) is 11.5. The number of benzene rings is 2. The number of aromatic hydroxyl groups is 2. The lowest BCUT2D eigenvalue weighted by Gasteiger charge is -2.16. The van der Waals surface area contributed by atoms with Crippen LogP contribution in [0.2, 0.25) is 0 Å². The third-order valence-electron chi connectivity index (χ3n) is 3.85. The van der Waals surface area contributed by atoms with Crippen LogP contribution in [0.25, 0.3) is 12.2 Å². The normalized spacial score (nSPS) is 12.1. The van der Waals surface area contributed by atoms with E-state index in [1.54, 1.807) is 37.4 Å². The van der Waals surface area contributed by atoms with Crippen molar-refractivity contribution in [3.8, 4) is 23.0 Å². The second-order valence-corrected chi connectivity index (χ2v) is 5.44. The molecule has 24 heavy (non-hydrogen) atoms. The molecule has 0 aliphatic rings. The number of phenols is 2. The molecule has 0 aliphatic carbocycles. The van der Waals surface area contributed by atoms with Gasteiger partial charge in [0.2, 0.25) is 0 Å². The molecule has 0 fully saturated rings. The molecule has 1 atom stereocenters. The average Bonchev–Trinajstić information content (AvgIpc) is 2.59. The zero-order valence-corrected chi connectivity index (χ0v) is 14.1. The summed E-state index contributed by atoms with van der Waals surface area (Å²) in [6, 6.07) is 8.38. The van der Waals surface area contributed by atoms with Crippen molar-refractivity contribution < 1.29 is 19.7 Å². The summed E-state index contributed by atoms with van der Waals surface area (Å²) in [6.07, 6.45) is 5.61. The fourth-order valence-electron chi connectivity index (χ4n) is 2.53. The minimum absolute atomic E-state index is 0.0644. The summed E-state index contributed by atoms with van der Waals surface area (Å²) in [4.78, 5) is 0. The average molecular weight is 326 g/mol. The third-order valence-corrected chi connectivity index (χ3v) is 3.85. The van der Waals surface area contributed by atoms with Gasteiger partial charge in [-0.3, -0.25) is 0 Å². The molecule has 0 aliphatic heterocycles. The summed E-state index contributed by atoms with van der Waals surface area (Å²) in [6.45, 7) is 5.86. The van der Waals surface area contributed by atoms with E-state index in [4.69, 9.17) is 9.47 Å². The highest BCUT2D eigenvalue weighted by atomic mass is 16.5. The molecule has 0 heterocycles. The molecule has 0 saturated heterocycles. The summed E-state index contributed by atoms with van der Waals surface area (Å²) in [7, 11) is 3.08. The van der Waals surface area contributed by atoms with Gasteiger partial charge in [-0.15, -0.1) is 6.58 Å². The molecule has 0 radical (unpaired) electrons. The Morgan fingerprint density at radius 2 is 1.71 bits per heavy atom. The Morgan fingerprint density at radius 3 is 2.33 bits per heavy atom. The Bertz CT molecular complexity index is 762. The maximum Gasteiger partial charge on any atom is 0.161 e. The highest BCUT2D eigenvalue weighted by Gasteiger charge is 2.14. The van der Waals surface area contributed by atoms with Gasteiger partial charge in [-0.25, -0.2) is 0 Å². The monoisotopic (exact) mass is 326 g/mol. The summed E-state index contributed by atoms with van der Waals surface area (Å²) < 4.78 is 10.5. The number of rotatable bonds is 6. The molecule has 4 heteroatoms. The van der Waals surface area contributed by atoms with Gasteiger partial charge < -0.3 is 19.7 Å². The number of allylic oxidation sites excluding steroid dienone is 1. The fraction of sp³-hybridized carbons (Fsp3) is 0.200. The van der Waals surface area contributed by atoms with Crippen LogP contribution in [0.3, 0.4) is 0 Å². The number of phenolic OH excluding ortho intramolecular Hbond substituents is 2. The number of ether oxygens (including phenoxy) is 2. The zero-order chi connectivity index (χ0) is 17.7. The van der Waals surface area contributed by atoms with Crippen molar-refractivity contribution in [2.75, 3.05) is 14.2 Å². The van der Waals surface area contributed by atoms with Crippen LogP contribution in [-0.2, 0) is 0 Å². The quantitative estimate of drug-likeness (QED) is 0.603. The highest BCUT2D eigenvalue weighted by molar-refractivity contribution is 5.75. The number of hydrogen-bond donors (Lipinski definition) is 2. The van der Waals surface area contributed by atoms with Gasteiger partial charge in [0.1, 0.15) is 11.5 Å². The van der Waals surface area contributed by atoms with Gasteiger partial charge in [0, 0.05) is 17.5 Å². The topological polar surface area (TPSA) is 58.9 Å². The largest absolute Gasteiger partial charge is 0.508 e. The Labute approximate surface area is 142 Å². The van der Waals surface area contributed by atoms with Gasteiger partial charge in [0.15, 0.2) is 11.5 Å². The SMILES string of the molecule is C=CC(C)c1c(C=Cc2ccc(O)c(OC)c2)cc(O)cc1OC. The van der Waals surface area contributed by atoms with Crippen LogP contribution in [0, 0.1) is 0 Å². The minimum atomic E-state index is 0.0644. The Balaban J connectivity index is 2.48. The lowest BCUT2D eigenvalue weighted by molar-refractivity contribution is 0.373. The number of hydrogen-bond acceptors (Lipinski definition) is 4. The van der Waals surface area contributed by atoms with Gasteiger partial charge in [0.25, 0.3) is 0 Å². The summed E-state index contributed by atoms with van der Waals surface area (Å²) in [5, 5.41) is 19.6. The second kappa shape index (κ2) is 7.59. The lowest BCUT2D eigenvalue weighted by Crippen LogP contribution is -1.98. The van der Waals surface area contributed by atoms with Gasteiger partial charge in [-0.05, 0) is 29.3 Å². The van der Waals surface area contributed by atoms with Gasteiger partial charge in [0.05, 0.1) is 14.2 Å². The van der Waals surface area contributed by atoms with E-state index >= 15 is 0 Å². The standard InChI is InChI=1S/C20H22O4/c1-5-13(2)20-15(11-16(21)12-19(20)24-4)8-6-14-7-9-17(22)18(10-14)23-3/h5-13,21-22H,1H2,2-4H3. The van der Waals surface area contributed by atoms with Crippen LogP contribution in [0.15, 0.2) is 43.0 Å². The second-order valence-electron chi connectivity index (χ2n) is 5.44. The van der Waals surface area contributed by atoms with Gasteiger partial charge >= 0.3 is 0 Å². The molecular weight excluding hydrogens is 304 g/mol. The Hall–Kier alpha value is -2.88. The fourth-order valence-corrected chi connectivity index (χ4v) is 2.53. The first-order valence-electron chi connectivity index (χ1n) is 7.58. The Kier molecular flexibility index (Phi) is 5.53. The van der Waals surface area contributed by atoms with Crippen LogP contribution >= 0.6 is 0 Å². The zero-order valence-electron chi connectivity index (χ0n) is 14.1. The van der Waals surface area contributed by atoms with E-state index in [0.29, 0.717) is 11.5 Å². The van der Waals surface area contributed by atoms with Crippen molar-refractivity contribution in [3.63, 3.8) is 0 Å². The molecule has 0 amide bonds. The van der Waals surface area contributed by atoms with Crippen molar-refractivity contribution in [1.82, 2.24) is 0 Å². The van der Waals surface area contributed by atoms with Crippen molar-refractivity contribution in [2.24, 2.45) is 0 Å². The van der Waals surface area contributed by atoms with Crippen LogP contribution in [0.1, 0.15) is 29.5 Å². The summed E-state index contributed by atoms with van der Waals surface area (Å²) >= 11 is 0. The van der Waals surface area contributed by atoms with Gasteiger partial charge in [-0.2, -0.15) is 0 Å². The molecule has 1 unspecified atom stereocenters. The van der Waals surface area contributed by atoms with Crippen LogP contribution in [-0.4, -0.2) is 24.4 Å². The van der Waals surface area contributed by atoms with Crippen molar-refractivity contribution >= 4 is 12.2 Å². The van der Waals surface area contributed by atoms with Crippen molar-refractivity contribution in [3.05, 3.63) is 59.7 Å². The van der Waals surface area contributed by atoms with E-state index in [2.05, 4.69) is 6.58 Å². The lowest BCUT2D eigenvalue weighted by atomic mass is 9.93. The smallest absolute Gasteiger partial charge is 0.161 e. The molecule has 2 aromatic carbocycles. The molecule has 0 bridgehead atoms. The molecule has 0 saturated carbocycles. The van der Waals surface area contributed by atoms with Crippen molar-refractivity contribution in [1.29, 1.82) is 0 Å². The maximum atomic E-state index is 9.93. The van der Waals surface area contributed by atoms with E-state index in [1.165, 1.54) is 7.11 Å². The van der Waals surface area contributed by atoms with Crippen LogP contribution in [0.4, 0.5) is 0 Å². The Morgan fingerprint density at radius 1 is 1.00 bits per heavy atom. The maximum absolute atomic E-state index is 9.93. The molecular formula is C20H22O4. The van der Waals surface area contributed by atoms with E-state index in [1.807, 2.05) is 25.2 Å². The van der Waals surface area contributed by atoms with Crippen molar-refractivity contribution in [2.45, 2.75) is 12.8 Å². The van der Waals surface area contributed by atoms with E-state index in [-0.39, 0.29) is 17.4 Å². The molecule has 2 aromatic rings.